The van der Waals surface area contributed by atoms with Crippen LogP contribution in [-0.2, 0) is 7.05 Å². The molecular formula is C29H28ClN3O5. The van der Waals surface area contributed by atoms with Gasteiger partial charge in [-0.1, -0.05) is 29.8 Å². The van der Waals surface area contributed by atoms with E-state index in [9.17, 15) is 19.8 Å². The quantitative estimate of drug-likeness (QED) is 0.239. The maximum Gasteiger partial charge on any atom is 0.259 e. The minimum absolute atomic E-state index is 0.0342. The standard InChI is InChI=1S/C29H28ClN3O5/c1-32-21-14-24(38-11-5-10-33-9-4-6-16(33)15-34)23(35)13-19(21)25-22(32)12-18(17-7-2-3-8-20(17)30)26-27(25)29(37)31-28(26)36/h2-3,7-8,12-14,16,34-35H,4-6,9-11,15H2,1H3,(H,31,36,37). The van der Waals surface area contributed by atoms with Gasteiger partial charge in [0.2, 0.25) is 0 Å². The number of carbonyl (C=O) groups is 2. The number of amides is 2. The molecule has 1 saturated heterocycles. The first-order valence-electron chi connectivity index (χ1n) is 12.8. The molecule has 1 unspecified atom stereocenters. The van der Waals surface area contributed by atoms with Crippen molar-refractivity contribution in [2.24, 2.45) is 7.05 Å². The largest absolute Gasteiger partial charge is 0.504 e. The van der Waals surface area contributed by atoms with Crippen LogP contribution in [-0.4, -0.2) is 63.8 Å². The van der Waals surface area contributed by atoms with Gasteiger partial charge in [0.1, 0.15) is 0 Å². The van der Waals surface area contributed by atoms with Gasteiger partial charge in [0, 0.05) is 47.1 Å². The van der Waals surface area contributed by atoms with Gasteiger partial charge in [0.25, 0.3) is 11.8 Å². The fraction of sp³-hybridized carbons (Fsp3) is 0.310. The van der Waals surface area contributed by atoms with Gasteiger partial charge in [-0.25, -0.2) is 0 Å². The first kappa shape index (κ1) is 24.7. The summed E-state index contributed by atoms with van der Waals surface area (Å²) in [6.07, 6.45) is 2.87. The Labute approximate surface area is 224 Å². The Bertz CT molecular complexity index is 1610. The zero-order chi connectivity index (χ0) is 26.6. The van der Waals surface area contributed by atoms with Crippen molar-refractivity contribution in [3.8, 4) is 22.6 Å². The maximum atomic E-state index is 13.0. The number of hydrogen-bond acceptors (Lipinski definition) is 6. The average molecular weight is 534 g/mol. The van der Waals surface area contributed by atoms with E-state index in [1.165, 1.54) is 0 Å². The summed E-state index contributed by atoms with van der Waals surface area (Å²) < 4.78 is 7.90. The highest BCUT2D eigenvalue weighted by atomic mass is 35.5. The van der Waals surface area contributed by atoms with Gasteiger partial charge in [0.05, 0.1) is 35.4 Å². The Kier molecular flexibility index (Phi) is 6.26. The number of phenolic OH excluding ortho intramolecular Hbond substituents is 1. The van der Waals surface area contributed by atoms with Crippen LogP contribution in [0.25, 0.3) is 32.9 Å². The number of aryl methyl sites for hydroxylation is 1. The number of ether oxygens (including phenoxy) is 1. The molecule has 38 heavy (non-hydrogen) atoms. The molecular weight excluding hydrogens is 506 g/mol. The van der Waals surface area contributed by atoms with Crippen LogP contribution < -0.4 is 10.1 Å². The van der Waals surface area contributed by atoms with Crippen LogP contribution in [0.3, 0.4) is 0 Å². The number of imide groups is 1. The number of aromatic nitrogens is 1. The number of hydrogen-bond donors (Lipinski definition) is 3. The highest BCUT2D eigenvalue weighted by molar-refractivity contribution is 6.36. The third-order valence-corrected chi connectivity index (χ3v) is 8.11. The third kappa shape index (κ3) is 3.91. The van der Waals surface area contributed by atoms with Crippen molar-refractivity contribution in [3.05, 3.63) is 58.6 Å². The first-order chi connectivity index (χ1) is 18.4. The van der Waals surface area contributed by atoms with E-state index in [4.69, 9.17) is 16.3 Å². The molecule has 0 radical (unpaired) electrons. The van der Waals surface area contributed by atoms with Crippen LogP contribution in [0.15, 0.2) is 42.5 Å². The highest BCUT2D eigenvalue weighted by Gasteiger charge is 2.35. The normalized spacial score (nSPS) is 17.5. The minimum atomic E-state index is -0.473. The van der Waals surface area contributed by atoms with Crippen molar-refractivity contribution < 1.29 is 24.5 Å². The van der Waals surface area contributed by atoms with Gasteiger partial charge in [-0.05, 0) is 49.6 Å². The van der Waals surface area contributed by atoms with E-state index >= 15 is 0 Å². The summed E-state index contributed by atoms with van der Waals surface area (Å²) in [5.74, 6) is -0.621. The molecule has 0 spiro atoms. The second-order valence-electron chi connectivity index (χ2n) is 9.94. The summed E-state index contributed by atoms with van der Waals surface area (Å²) >= 11 is 6.49. The van der Waals surface area contributed by atoms with Crippen LogP contribution >= 0.6 is 11.6 Å². The number of fused-ring (bicyclic) bond motifs is 5. The molecule has 6 rings (SSSR count). The Hall–Kier alpha value is -3.59. The lowest BCUT2D eigenvalue weighted by Gasteiger charge is -2.22. The molecule has 3 heterocycles. The van der Waals surface area contributed by atoms with E-state index in [2.05, 4.69) is 10.2 Å². The number of aliphatic hydroxyl groups is 1. The summed E-state index contributed by atoms with van der Waals surface area (Å²) in [5.41, 5.74) is 3.31. The number of phenols is 1. The van der Waals surface area contributed by atoms with Crippen LogP contribution in [0.4, 0.5) is 0 Å². The number of nitrogens with one attached hydrogen (secondary N) is 1. The van der Waals surface area contributed by atoms with Crippen LogP contribution in [0.5, 0.6) is 11.5 Å². The number of rotatable bonds is 7. The molecule has 0 bridgehead atoms. The number of aliphatic hydroxyl groups excluding tert-OH is 1. The Morgan fingerprint density at radius 3 is 2.66 bits per heavy atom. The number of likely N-dealkylation sites (tertiary alicyclic amines) is 1. The van der Waals surface area contributed by atoms with E-state index in [0.29, 0.717) is 39.3 Å². The Morgan fingerprint density at radius 1 is 1.08 bits per heavy atom. The number of aromatic hydroxyl groups is 1. The second kappa shape index (κ2) is 9.62. The monoisotopic (exact) mass is 533 g/mol. The zero-order valence-corrected chi connectivity index (χ0v) is 21.7. The fourth-order valence-corrected chi connectivity index (χ4v) is 6.15. The average Bonchev–Trinajstić information content (AvgIpc) is 3.56. The lowest BCUT2D eigenvalue weighted by Crippen LogP contribution is -2.33. The number of benzene rings is 3. The molecule has 0 aliphatic carbocycles. The summed E-state index contributed by atoms with van der Waals surface area (Å²) in [7, 11) is 1.88. The molecule has 0 saturated carbocycles. The zero-order valence-electron chi connectivity index (χ0n) is 21.0. The molecule has 1 fully saturated rings. The summed E-state index contributed by atoms with van der Waals surface area (Å²) in [5, 5.41) is 24.5. The number of halogens is 1. The molecule has 2 amide bonds. The molecule has 2 aliphatic heterocycles. The molecule has 9 heteroatoms. The van der Waals surface area contributed by atoms with Crippen molar-refractivity contribution >= 4 is 45.2 Å². The number of nitrogens with zero attached hydrogens (tertiary/aromatic N) is 2. The molecule has 196 valence electrons. The maximum absolute atomic E-state index is 13.0. The summed E-state index contributed by atoms with van der Waals surface area (Å²) in [6.45, 7) is 2.39. The van der Waals surface area contributed by atoms with Gasteiger partial charge in [-0.3, -0.25) is 19.8 Å². The fourth-order valence-electron chi connectivity index (χ4n) is 5.92. The Morgan fingerprint density at radius 2 is 1.87 bits per heavy atom. The number of carbonyl (C=O) groups excluding carboxylic acids is 2. The van der Waals surface area contributed by atoms with E-state index in [1.807, 2.05) is 35.9 Å². The van der Waals surface area contributed by atoms with E-state index in [1.54, 1.807) is 18.2 Å². The van der Waals surface area contributed by atoms with Gasteiger partial charge in [-0.15, -0.1) is 0 Å². The second-order valence-corrected chi connectivity index (χ2v) is 10.4. The van der Waals surface area contributed by atoms with Gasteiger partial charge < -0.3 is 19.5 Å². The van der Waals surface area contributed by atoms with E-state index in [-0.39, 0.29) is 29.5 Å². The Balaban J connectivity index is 1.40. The summed E-state index contributed by atoms with van der Waals surface area (Å²) in [4.78, 5) is 28.2. The molecule has 4 aromatic rings. The van der Waals surface area contributed by atoms with E-state index < -0.39 is 11.8 Å². The van der Waals surface area contributed by atoms with Crippen molar-refractivity contribution in [2.75, 3.05) is 26.3 Å². The van der Waals surface area contributed by atoms with Crippen LogP contribution in [0, 0.1) is 0 Å². The molecule has 3 N–H and O–H groups in total. The van der Waals surface area contributed by atoms with E-state index in [0.717, 1.165) is 43.4 Å². The lowest BCUT2D eigenvalue weighted by atomic mass is 9.93. The molecule has 1 aromatic heterocycles. The molecule has 8 nitrogen and oxygen atoms in total. The molecule has 3 aromatic carbocycles. The predicted octanol–water partition coefficient (Wildman–Crippen LogP) is 4.47. The van der Waals surface area contributed by atoms with Crippen molar-refractivity contribution in [2.45, 2.75) is 25.3 Å². The van der Waals surface area contributed by atoms with Crippen molar-refractivity contribution in [1.29, 1.82) is 0 Å². The smallest absolute Gasteiger partial charge is 0.259 e. The van der Waals surface area contributed by atoms with Crippen molar-refractivity contribution in [3.63, 3.8) is 0 Å². The predicted molar refractivity (Wildman–Crippen MR) is 146 cm³/mol. The van der Waals surface area contributed by atoms with Crippen LogP contribution in [0.1, 0.15) is 40.0 Å². The van der Waals surface area contributed by atoms with Gasteiger partial charge >= 0.3 is 0 Å². The van der Waals surface area contributed by atoms with Gasteiger partial charge in [-0.2, -0.15) is 0 Å². The van der Waals surface area contributed by atoms with Crippen LogP contribution in [0.2, 0.25) is 5.02 Å². The topological polar surface area (TPSA) is 104 Å². The molecule has 1 atom stereocenters. The first-order valence-corrected chi connectivity index (χ1v) is 13.2. The molecule has 2 aliphatic rings. The summed E-state index contributed by atoms with van der Waals surface area (Å²) in [6, 6.07) is 12.7. The third-order valence-electron chi connectivity index (χ3n) is 7.78. The SMILES string of the molecule is Cn1c2cc(OCCCN3CCCC3CO)c(O)cc2c2c3c(c(-c4ccccc4Cl)cc21)C(=O)NC3=O. The lowest BCUT2D eigenvalue weighted by molar-refractivity contribution is 0.0880. The highest BCUT2D eigenvalue weighted by Crippen LogP contribution is 2.44. The van der Waals surface area contributed by atoms with Crippen molar-refractivity contribution in [1.82, 2.24) is 14.8 Å². The minimum Gasteiger partial charge on any atom is -0.504 e. The van der Waals surface area contributed by atoms with Gasteiger partial charge in [0.15, 0.2) is 11.5 Å².